The van der Waals surface area contributed by atoms with Crippen LogP contribution in [-0.2, 0) is 4.79 Å². The molecule has 6 fully saturated rings. The fourth-order valence-electron chi connectivity index (χ4n) is 9.49. The summed E-state index contributed by atoms with van der Waals surface area (Å²) in [6.45, 7) is 18.5. The molecule has 0 aliphatic heterocycles. The molecule has 8 atom stereocenters. The van der Waals surface area contributed by atoms with Gasteiger partial charge in [0.15, 0.2) is 0 Å². The second-order valence-electron chi connectivity index (χ2n) is 13.8. The van der Waals surface area contributed by atoms with E-state index in [0.29, 0.717) is 16.6 Å². The summed E-state index contributed by atoms with van der Waals surface area (Å²) in [5.74, 6) is 7.93. The number of fused-ring (bicyclic) bond motifs is 4. The van der Waals surface area contributed by atoms with Crippen molar-refractivity contribution >= 4 is 12.5 Å². The van der Waals surface area contributed by atoms with Crippen molar-refractivity contribution in [2.24, 2.45) is 46.3 Å². The number of carbonyl (C=O) groups is 1. The molecule has 0 radical (unpaired) electrons. The standard InChI is InChI=1S/C29H51BO/c1-8-9-10-12-23(31)13-11-14-30(26-17-21-15-24(19(26)2)28(21,4)5)27-18-22-16-25(20(27)3)29(22,6)7/h19-22,24-27H,8-18H2,1-7H3/t19-,20-,21+,22+,24-,25-,26-,27-/m1/s1. The molecular weight excluding hydrogens is 375 g/mol. The van der Waals surface area contributed by atoms with Crippen molar-refractivity contribution in [3.05, 3.63) is 0 Å². The van der Waals surface area contributed by atoms with E-state index in [-0.39, 0.29) is 0 Å². The van der Waals surface area contributed by atoms with Gasteiger partial charge < -0.3 is 0 Å². The summed E-state index contributed by atoms with van der Waals surface area (Å²) in [6, 6.07) is 0. The number of unbranched alkanes of at least 4 members (excludes halogenated alkanes) is 2. The maximum atomic E-state index is 12.5. The van der Waals surface area contributed by atoms with Crippen LogP contribution in [0.3, 0.4) is 0 Å². The van der Waals surface area contributed by atoms with Gasteiger partial charge in [-0.05, 0) is 65.6 Å². The van der Waals surface area contributed by atoms with E-state index >= 15 is 0 Å². The average Bonchev–Trinajstić information content (AvgIpc) is 2.71. The summed E-state index contributed by atoms with van der Waals surface area (Å²) >= 11 is 0. The quantitative estimate of drug-likeness (QED) is 0.253. The van der Waals surface area contributed by atoms with Crippen LogP contribution in [0.4, 0.5) is 0 Å². The number of carbonyl (C=O) groups excluding carboxylic acids is 1. The maximum Gasteiger partial charge on any atom is 0.146 e. The van der Waals surface area contributed by atoms with Gasteiger partial charge in [-0.1, -0.05) is 98.5 Å². The van der Waals surface area contributed by atoms with E-state index in [9.17, 15) is 4.79 Å². The highest BCUT2D eigenvalue weighted by atomic mass is 16.1. The first-order valence-corrected chi connectivity index (χ1v) is 14.1. The molecule has 6 aliphatic carbocycles. The Morgan fingerprint density at radius 2 is 1.26 bits per heavy atom. The van der Waals surface area contributed by atoms with Gasteiger partial charge in [-0.25, -0.2) is 0 Å². The summed E-state index contributed by atoms with van der Waals surface area (Å²) < 4.78 is 0. The molecule has 0 heterocycles. The molecule has 6 rings (SSSR count). The van der Waals surface area contributed by atoms with Gasteiger partial charge in [-0.15, -0.1) is 0 Å². The largest absolute Gasteiger partial charge is 0.300 e. The Morgan fingerprint density at radius 3 is 1.68 bits per heavy atom. The van der Waals surface area contributed by atoms with Gasteiger partial charge in [-0.2, -0.15) is 0 Å². The molecule has 0 spiro atoms. The first-order valence-electron chi connectivity index (χ1n) is 14.1. The molecule has 176 valence electrons. The lowest BCUT2D eigenvalue weighted by Gasteiger charge is -2.66. The van der Waals surface area contributed by atoms with Crippen molar-refractivity contribution in [1.82, 2.24) is 0 Å². The van der Waals surface area contributed by atoms with Crippen molar-refractivity contribution in [2.45, 2.75) is 131 Å². The molecule has 0 saturated heterocycles. The number of rotatable bonds is 10. The average molecular weight is 427 g/mol. The maximum absolute atomic E-state index is 12.5. The Morgan fingerprint density at radius 1 is 0.774 bits per heavy atom. The van der Waals surface area contributed by atoms with Crippen LogP contribution in [0.5, 0.6) is 0 Å². The molecule has 0 aromatic carbocycles. The van der Waals surface area contributed by atoms with E-state index < -0.39 is 0 Å². The third kappa shape index (κ3) is 4.10. The molecule has 0 amide bonds. The lowest BCUT2D eigenvalue weighted by molar-refractivity contribution is -0.119. The van der Waals surface area contributed by atoms with E-state index in [1.54, 1.807) is 0 Å². The molecule has 2 heteroatoms. The zero-order valence-corrected chi connectivity index (χ0v) is 21.9. The summed E-state index contributed by atoms with van der Waals surface area (Å²) in [4.78, 5) is 12.5. The minimum Gasteiger partial charge on any atom is -0.300 e. The summed E-state index contributed by atoms with van der Waals surface area (Å²) in [7, 11) is 0. The van der Waals surface area contributed by atoms with Gasteiger partial charge in [0, 0.05) is 12.8 Å². The van der Waals surface area contributed by atoms with E-state index in [2.05, 4.69) is 48.5 Å². The van der Waals surface area contributed by atoms with Crippen LogP contribution in [-0.4, -0.2) is 12.5 Å². The molecule has 6 saturated carbocycles. The summed E-state index contributed by atoms with van der Waals surface area (Å²) in [5.41, 5.74) is 1.16. The van der Waals surface area contributed by atoms with Crippen LogP contribution >= 0.6 is 0 Å². The summed E-state index contributed by atoms with van der Waals surface area (Å²) in [6.07, 6.45) is 13.6. The molecule has 6 aliphatic rings. The van der Waals surface area contributed by atoms with Crippen LogP contribution in [0.15, 0.2) is 0 Å². The molecule has 31 heavy (non-hydrogen) atoms. The smallest absolute Gasteiger partial charge is 0.146 e. The predicted octanol–water partition coefficient (Wildman–Crippen LogP) is 8.56. The van der Waals surface area contributed by atoms with Gasteiger partial charge in [0.2, 0.25) is 0 Å². The lowest BCUT2D eigenvalue weighted by Crippen LogP contribution is -2.59. The molecular formula is C29H51BO. The zero-order chi connectivity index (χ0) is 22.6. The topological polar surface area (TPSA) is 17.1 Å². The Hall–Kier alpha value is -0.265. The van der Waals surface area contributed by atoms with Crippen molar-refractivity contribution in [3.63, 3.8) is 0 Å². The third-order valence-corrected chi connectivity index (χ3v) is 12.0. The highest BCUT2D eigenvalue weighted by molar-refractivity contribution is 6.62. The van der Waals surface area contributed by atoms with E-state index in [1.165, 1.54) is 44.8 Å². The van der Waals surface area contributed by atoms with Crippen LogP contribution < -0.4 is 0 Å². The third-order valence-electron chi connectivity index (χ3n) is 12.0. The Kier molecular flexibility index (Phi) is 6.80. The van der Waals surface area contributed by atoms with Gasteiger partial charge in [-0.3, -0.25) is 4.79 Å². The van der Waals surface area contributed by atoms with E-state index in [0.717, 1.165) is 79.5 Å². The molecule has 0 aromatic heterocycles. The molecule has 1 nitrogen and oxygen atoms in total. The SMILES string of the molecule is CCCCCC(=O)CCCB([C@@H]1C[C@@H]2C[C@H]([C@H]1C)C2(C)C)[C@@H]1C[C@@H]2C[C@H]([C@H]1C)C2(C)C. The molecule has 0 unspecified atom stereocenters. The van der Waals surface area contributed by atoms with Crippen LogP contribution in [0.1, 0.15) is 113 Å². The highest BCUT2D eigenvalue weighted by Gasteiger charge is 2.62. The van der Waals surface area contributed by atoms with Gasteiger partial charge in [0.1, 0.15) is 12.5 Å². The molecule has 0 N–H and O–H groups in total. The van der Waals surface area contributed by atoms with Crippen molar-refractivity contribution in [2.75, 3.05) is 0 Å². The number of hydrogen-bond donors (Lipinski definition) is 0. The van der Waals surface area contributed by atoms with Gasteiger partial charge >= 0.3 is 0 Å². The highest BCUT2D eigenvalue weighted by Crippen LogP contribution is 2.69. The van der Waals surface area contributed by atoms with Crippen molar-refractivity contribution < 1.29 is 4.79 Å². The monoisotopic (exact) mass is 426 g/mol. The van der Waals surface area contributed by atoms with Crippen LogP contribution in [0.25, 0.3) is 0 Å². The fraction of sp³-hybridized carbons (Fsp3) is 0.966. The first-order chi connectivity index (χ1) is 14.6. The molecule has 4 bridgehead atoms. The van der Waals surface area contributed by atoms with Crippen molar-refractivity contribution in [3.8, 4) is 0 Å². The van der Waals surface area contributed by atoms with E-state index in [4.69, 9.17) is 0 Å². The second kappa shape index (κ2) is 8.83. The molecule has 0 aromatic rings. The Labute approximate surface area is 194 Å². The normalized spacial score (nSPS) is 41.8. The minimum atomic E-state index is 0.536. The zero-order valence-electron chi connectivity index (χ0n) is 21.9. The summed E-state index contributed by atoms with van der Waals surface area (Å²) in [5, 5.41) is 0. The Balaban J connectivity index is 1.43. The van der Waals surface area contributed by atoms with Crippen LogP contribution in [0.2, 0.25) is 18.0 Å². The van der Waals surface area contributed by atoms with Crippen molar-refractivity contribution in [1.29, 1.82) is 0 Å². The second-order valence-corrected chi connectivity index (χ2v) is 13.8. The minimum absolute atomic E-state index is 0.536. The first kappa shape index (κ1) is 23.9. The number of ketones is 1. The number of Topliss-reactive ketones (excluding diaryl/α,β-unsaturated/α-hetero) is 1. The van der Waals surface area contributed by atoms with Crippen LogP contribution in [0, 0.1) is 46.3 Å². The van der Waals surface area contributed by atoms with Gasteiger partial charge in [0.05, 0.1) is 0 Å². The Bertz CT molecular complexity index is 609. The van der Waals surface area contributed by atoms with Gasteiger partial charge in [0.25, 0.3) is 0 Å². The fourth-order valence-corrected chi connectivity index (χ4v) is 9.49. The predicted molar refractivity (Wildman–Crippen MR) is 135 cm³/mol. The van der Waals surface area contributed by atoms with E-state index in [1.807, 2.05) is 0 Å². The number of hydrogen-bond acceptors (Lipinski definition) is 1. The lowest BCUT2D eigenvalue weighted by atomic mass is 9.20.